The van der Waals surface area contributed by atoms with Crippen molar-refractivity contribution >= 4 is 11.9 Å². The van der Waals surface area contributed by atoms with Gasteiger partial charge in [-0.05, 0) is 18.1 Å². The van der Waals surface area contributed by atoms with Crippen LogP contribution in [0.2, 0.25) is 0 Å². The van der Waals surface area contributed by atoms with Crippen LogP contribution < -0.4 is 4.74 Å². The molecule has 6 nitrogen and oxygen atoms in total. The first-order chi connectivity index (χ1) is 12.1. The van der Waals surface area contributed by atoms with Crippen LogP contribution in [0.1, 0.15) is 52.6 Å². The molecule has 0 aliphatic rings. The first-order valence-electron chi connectivity index (χ1n) is 8.19. The molecule has 1 N–H and O–H groups in total. The lowest BCUT2D eigenvalue weighted by Gasteiger charge is -2.10. The second-order valence-electron chi connectivity index (χ2n) is 5.49. The van der Waals surface area contributed by atoms with Gasteiger partial charge in [0.15, 0.2) is 11.4 Å². The molecule has 6 heteroatoms. The van der Waals surface area contributed by atoms with Crippen LogP contribution in [0.25, 0.3) is 0 Å². The predicted molar refractivity (Wildman–Crippen MR) is 91.8 cm³/mol. The van der Waals surface area contributed by atoms with Crippen LogP contribution in [0.5, 0.6) is 5.75 Å². The smallest absolute Gasteiger partial charge is 0.358 e. The molecule has 2 aromatic rings. The number of aromatic nitrogens is 1. The van der Waals surface area contributed by atoms with Crippen LogP contribution in [0.15, 0.2) is 42.6 Å². The number of benzene rings is 1. The first kappa shape index (κ1) is 18.4. The molecule has 1 aromatic carbocycles. The summed E-state index contributed by atoms with van der Waals surface area (Å²) in [4.78, 5) is 27.2. The van der Waals surface area contributed by atoms with Gasteiger partial charge in [-0.2, -0.15) is 0 Å². The van der Waals surface area contributed by atoms with Crippen LogP contribution in [-0.2, 0) is 11.3 Å². The maximum Gasteiger partial charge on any atom is 0.358 e. The van der Waals surface area contributed by atoms with Gasteiger partial charge in [0.2, 0.25) is 0 Å². The van der Waals surface area contributed by atoms with Crippen molar-refractivity contribution in [3.8, 4) is 5.75 Å². The number of ether oxygens (including phenoxy) is 2. The molecule has 0 atom stereocenters. The Morgan fingerprint density at radius 3 is 2.60 bits per heavy atom. The van der Waals surface area contributed by atoms with Crippen molar-refractivity contribution in [3.63, 3.8) is 0 Å². The Morgan fingerprint density at radius 1 is 1.16 bits per heavy atom. The van der Waals surface area contributed by atoms with Crippen molar-refractivity contribution in [2.75, 3.05) is 6.61 Å². The van der Waals surface area contributed by atoms with Gasteiger partial charge in [0.1, 0.15) is 6.61 Å². The first-order valence-corrected chi connectivity index (χ1v) is 8.19. The van der Waals surface area contributed by atoms with Gasteiger partial charge in [0.25, 0.3) is 0 Å². The quantitative estimate of drug-likeness (QED) is 0.552. The Morgan fingerprint density at radius 2 is 1.92 bits per heavy atom. The summed E-state index contributed by atoms with van der Waals surface area (Å²) in [6.07, 6.45) is 4.00. The molecular formula is C19H21NO5. The zero-order chi connectivity index (χ0) is 18.1. The number of carboxylic acids is 1. The van der Waals surface area contributed by atoms with E-state index in [1.807, 2.05) is 30.3 Å². The van der Waals surface area contributed by atoms with Crippen LogP contribution in [0.3, 0.4) is 0 Å². The van der Waals surface area contributed by atoms with Gasteiger partial charge >= 0.3 is 11.9 Å². The zero-order valence-corrected chi connectivity index (χ0v) is 14.1. The van der Waals surface area contributed by atoms with Crippen LogP contribution in [0, 0.1) is 0 Å². The second-order valence-corrected chi connectivity index (χ2v) is 5.49. The SMILES string of the molecule is CCCCCOC(=O)c1cnc(C(=O)O)c(OCc2ccccc2)c1. The second kappa shape index (κ2) is 9.42. The summed E-state index contributed by atoms with van der Waals surface area (Å²) in [5.41, 5.74) is 0.814. The number of carbonyl (C=O) groups excluding carboxylic acids is 1. The van der Waals surface area contributed by atoms with Crippen molar-refractivity contribution in [1.82, 2.24) is 4.98 Å². The largest absolute Gasteiger partial charge is 0.486 e. The van der Waals surface area contributed by atoms with Crippen LogP contribution in [-0.4, -0.2) is 28.6 Å². The topological polar surface area (TPSA) is 85.7 Å². The maximum absolute atomic E-state index is 12.1. The molecule has 2 rings (SSSR count). The number of carbonyl (C=O) groups is 2. The lowest BCUT2D eigenvalue weighted by molar-refractivity contribution is 0.0495. The molecule has 0 saturated heterocycles. The molecule has 0 unspecified atom stereocenters. The fourth-order valence-electron chi connectivity index (χ4n) is 2.16. The van der Waals surface area contributed by atoms with E-state index in [1.54, 1.807) is 0 Å². The highest BCUT2D eigenvalue weighted by Gasteiger charge is 2.18. The van der Waals surface area contributed by atoms with Gasteiger partial charge in [-0.1, -0.05) is 50.1 Å². The number of hydrogen-bond donors (Lipinski definition) is 1. The third-order valence-corrected chi connectivity index (χ3v) is 3.51. The molecule has 0 aliphatic carbocycles. The van der Waals surface area contributed by atoms with E-state index in [-0.39, 0.29) is 23.6 Å². The van der Waals surface area contributed by atoms with E-state index < -0.39 is 11.9 Å². The van der Waals surface area contributed by atoms with Crippen LogP contribution >= 0.6 is 0 Å². The average molecular weight is 343 g/mol. The summed E-state index contributed by atoms with van der Waals surface area (Å²) in [7, 11) is 0. The van der Waals surface area contributed by atoms with Gasteiger partial charge < -0.3 is 14.6 Å². The molecule has 1 heterocycles. The van der Waals surface area contributed by atoms with E-state index in [0.717, 1.165) is 24.8 Å². The molecule has 0 saturated carbocycles. The summed E-state index contributed by atoms with van der Waals surface area (Å²) in [5, 5.41) is 9.23. The van der Waals surface area contributed by atoms with Crippen molar-refractivity contribution in [2.24, 2.45) is 0 Å². The van der Waals surface area contributed by atoms with Gasteiger partial charge in [0.05, 0.1) is 12.2 Å². The van der Waals surface area contributed by atoms with Gasteiger partial charge in [-0.15, -0.1) is 0 Å². The Labute approximate surface area is 146 Å². The summed E-state index contributed by atoms with van der Waals surface area (Å²) >= 11 is 0. The van der Waals surface area contributed by atoms with Gasteiger partial charge in [-0.3, -0.25) is 0 Å². The van der Waals surface area contributed by atoms with Crippen molar-refractivity contribution < 1.29 is 24.2 Å². The Hall–Kier alpha value is -2.89. The Bertz CT molecular complexity index is 715. The molecule has 132 valence electrons. The molecule has 0 fully saturated rings. The molecule has 25 heavy (non-hydrogen) atoms. The number of esters is 1. The minimum absolute atomic E-state index is 0.0411. The number of hydrogen-bond acceptors (Lipinski definition) is 5. The fraction of sp³-hybridized carbons (Fsp3) is 0.316. The Balaban J connectivity index is 2.10. The lowest BCUT2D eigenvalue weighted by atomic mass is 10.2. The minimum atomic E-state index is -1.22. The van der Waals surface area contributed by atoms with Crippen molar-refractivity contribution in [2.45, 2.75) is 32.8 Å². The summed E-state index contributed by atoms with van der Waals surface area (Å²) in [6, 6.07) is 10.7. The summed E-state index contributed by atoms with van der Waals surface area (Å²) in [5.74, 6) is -1.71. The van der Waals surface area contributed by atoms with Gasteiger partial charge in [-0.25, -0.2) is 14.6 Å². The molecule has 0 spiro atoms. The van der Waals surface area contributed by atoms with E-state index in [1.165, 1.54) is 12.3 Å². The molecule has 0 bridgehead atoms. The third kappa shape index (κ3) is 5.60. The average Bonchev–Trinajstić information content (AvgIpc) is 2.64. The predicted octanol–water partition coefficient (Wildman–Crippen LogP) is 3.71. The Kier molecular flexibility index (Phi) is 6.95. The lowest BCUT2D eigenvalue weighted by Crippen LogP contribution is -2.11. The number of unbranched alkanes of at least 4 members (excludes halogenated alkanes) is 2. The molecule has 0 radical (unpaired) electrons. The molecule has 0 aliphatic heterocycles. The summed E-state index contributed by atoms with van der Waals surface area (Å²) < 4.78 is 10.7. The standard InChI is InChI=1S/C19H21NO5/c1-2-3-7-10-24-19(23)15-11-16(17(18(21)22)20-12-15)25-13-14-8-5-4-6-9-14/h4-6,8-9,11-12H,2-3,7,10,13H2,1H3,(H,21,22). The molecular weight excluding hydrogens is 322 g/mol. The third-order valence-electron chi connectivity index (χ3n) is 3.51. The van der Waals surface area contributed by atoms with Crippen molar-refractivity contribution in [3.05, 3.63) is 59.4 Å². The summed E-state index contributed by atoms with van der Waals surface area (Å²) in [6.45, 7) is 2.57. The number of aromatic carboxylic acids is 1. The van der Waals surface area contributed by atoms with E-state index in [9.17, 15) is 14.7 Å². The normalized spacial score (nSPS) is 10.3. The minimum Gasteiger partial charge on any atom is -0.486 e. The highest BCUT2D eigenvalue weighted by molar-refractivity contribution is 5.93. The monoisotopic (exact) mass is 343 g/mol. The zero-order valence-electron chi connectivity index (χ0n) is 14.1. The van der Waals surface area contributed by atoms with E-state index >= 15 is 0 Å². The molecule has 1 aromatic heterocycles. The number of pyridine rings is 1. The van der Waals surface area contributed by atoms with Crippen molar-refractivity contribution in [1.29, 1.82) is 0 Å². The molecule has 0 amide bonds. The number of nitrogens with zero attached hydrogens (tertiary/aromatic N) is 1. The van der Waals surface area contributed by atoms with E-state index in [2.05, 4.69) is 11.9 Å². The number of carboxylic acid groups (broad SMARTS) is 1. The highest BCUT2D eigenvalue weighted by Crippen LogP contribution is 2.20. The number of rotatable bonds is 9. The fourth-order valence-corrected chi connectivity index (χ4v) is 2.16. The van der Waals surface area contributed by atoms with E-state index in [0.29, 0.717) is 6.61 Å². The van der Waals surface area contributed by atoms with E-state index in [4.69, 9.17) is 9.47 Å². The highest BCUT2D eigenvalue weighted by atomic mass is 16.5. The maximum atomic E-state index is 12.1. The van der Waals surface area contributed by atoms with Gasteiger partial charge in [0, 0.05) is 6.20 Å². The van der Waals surface area contributed by atoms with Crippen LogP contribution in [0.4, 0.5) is 0 Å².